The molecule has 0 spiro atoms. The van der Waals surface area contributed by atoms with Crippen molar-refractivity contribution in [2.45, 2.75) is 235 Å². The van der Waals surface area contributed by atoms with Crippen LogP contribution in [0, 0.1) is 62.6 Å². The number of hydrogen-bond donors (Lipinski definition) is 0. The van der Waals surface area contributed by atoms with Gasteiger partial charge in [0.05, 0.1) is 0 Å². The van der Waals surface area contributed by atoms with Crippen molar-refractivity contribution in [2.75, 3.05) is 0 Å². The van der Waals surface area contributed by atoms with E-state index in [1.807, 2.05) is 0 Å². The molecule has 2 aliphatic carbocycles. The van der Waals surface area contributed by atoms with Crippen molar-refractivity contribution in [1.29, 1.82) is 0 Å². The molecule has 0 bridgehead atoms. The molecule has 0 atom stereocenters. The van der Waals surface area contributed by atoms with Gasteiger partial charge in [0.2, 0.25) is 6.43 Å². The van der Waals surface area contributed by atoms with Crippen LogP contribution in [0.4, 0.5) is 8.78 Å². The minimum atomic E-state index is -2.16. The SMILES string of the molecule is C#CCCC(C)(C)C.CC(C)(C)CC(F)F.CC(C)(C)CC1CC1.CC(C)(C)CC1CCC1.CC(C)CC(C)(C)C.CCCC(C)(C)C. The zero-order valence-corrected chi connectivity index (χ0v) is 37.3. The second-order valence-corrected chi connectivity index (χ2v) is 22.7. The predicted molar refractivity (Wildman–Crippen MR) is 219 cm³/mol. The van der Waals surface area contributed by atoms with Crippen LogP contribution in [0.25, 0.3) is 0 Å². The van der Waals surface area contributed by atoms with Crippen LogP contribution < -0.4 is 0 Å². The van der Waals surface area contributed by atoms with Gasteiger partial charge in [-0.05, 0) is 82.3 Å². The predicted octanol–water partition coefficient (Wildman–Crippen LogP) is 17.1. The van der Waals surface area contributed by atoms with Gasteiger partial charge in [-0.25, -0.2) is 8.78 Å². The Labute approximate surface area is 306 Å². The lowest BCUT2D eigenvalue weighted by atomic mass is 9.74. The highest BCUT2D eigenvalue weighted by atomic mass is 19.3. The summed E-state index contributed by atoms with van der Waals surface area (Å²) in [4.78, 5) is 0. The number of hydrogen-bond acceptors (Lipinski definition) is 0. The van der Waals surface area contributed by atoms with Crippen LogP contribution in [0.5, 0.6) is 0 Å². The molecule has 2 heteroatoms. The van der Waals surface area contributed by atoms with Gasteiger partial charge in [0.1, 0.15) is 0 Å². The van der Waals surface area contributed by atoms with Crippen molar-refractivity contribution in [3.8, 4) is 12.3 Å². The Morgan fingerprint density at radius 2 is 0.896 bits per heavy atom. The van der Waals surface area contributed by atoms with Crippen molar-refractivity contribution < 1.29 is 8.78 Å². The maximum absolute atomic E-state index is 11.5. The molecule has 0 aromatic rings. The molecule has 2 aliphatic rings. The summed E-state index contributed by atoms with van der Waals surface area (Å²) in [5.74, 6) is 5.63. The third-order valence-electron chi connectivity index (χ3n) is 7.53. The van der Waals surface area contributed by atoms with Gasteiger partial charge >= 0.3 is 0 Å². The fourth-order valence-corrected chi connectivity index (χ4v) is 5.64. The average Bonchev–Trinajstić information content (AvgIpc) is 3.54. The van der Waals surface area contributed by atoms with Crippen LogP contribution in [-0.2, 0) is 0 Å². The Morgan fingerprint density at radius 3 is 0.938 bits per heavy atom. The molecule has 2 fully saturated rings. The van der Waals surface area contributed by atoms with E-state index in [4.69, 9.17) is 6.42 Å². The molecule has 0 heterocycles. The molecule has 0 N–H and O–H groups in total. The zero-order chi connectivity index (χ0) is 39.2. The Bertz CT molecular complexity index is 707. The molecule has 2 saturated carbocycles. The third-order valence-corrected chi connectivity index (χ3v) is 7.53. The maximum atomic E-state index is 11.5. The van der Waals surface area contributed by atoms with E-state index in [2.05, 4.69) is 131 Å². The van der Waals surface area contributed by atoms with Crippen LogP contribution in [0.15, 0.2) is 0 Å². The summed E-state index contributed by atoms with van der Waals surface area (Å²) in [6.45, 7) is 46.4. The minimum absolute atomic E-state index is 0.00694. The van der Waals surface area contributed by atoms with Crippen LogP contribution in [0.2, 0.25) is 0 Å². The second-order valence-electron chi connectivity index (χ2n) is 22.7. The van der Waals surface area contributed by atoms with Gasteiger partial charge in [-0.1, -0.05) is 184 Å². The van der Waals surface area contributed by atoms with E-state index in [0.717, 1.165) is 30.6 Å². The lowest BCUT2D eigenvalue weighted by Crippen LogP contribution is -2.18. The van der Waals surface area contributed by atoms with E-state index in [0.29, 0.717) is 27.1 Å². The molecule has 292 valence electrons. The molecule has 0 radical (unpaired) electrons. The average molecular weight is 685 g/mol. The van der Waals surface area contributed by atoms with Crippen molar-refractivity contribution in [3.63, 3.8) is 0 Å². The smallest absolute Gasteiger partial charge is 0.211 e. The number of rotatable bonds is 6. The molecule has 2 rings (SSSR count). The van der Waals surface area contributed by atoms with E-state index < -0.39 is 6.43 Å². The van der Waals surface area contributed by atoms with Gasteiger partial charge in [-0.2, -0.15) is 0 Å². The molecule has 0 amide bonds. The summed E-state index contributed by atoms with van der Waals surface area (Å²) >= 11 is 0. The molecular formula is C46H94F2. The van der Waals surface area contributed by atoms with E-state index in [-0.39, 0.29) is 11.8 Å². The van der Waals surface area contributed by atoms with Gasteiger partial charge < -0.3 is 0 Å². The lowest BCUT2D eigenvalue weighted by Gasteiger charge is -2.31. The molecular weight excluding hydrogens is 591 g/mol. The molecule has 0 nitrogen and oxygen atoms in total. The monoisotopic (exact) mass is 685 g/mol. The van der Waals surface area contributed by atoms with Crippen LogP contribution in [0.1, 0.15) is 229 Å². The summed E-state index contributed by atoms with van der Waals surface area (Å²) in [5.41, 5.74) is 2.41. The molecule has 0 aromatic carbocycles. The van der Waals surface area contributed by atoms with Gasteiger partial charge in [0.25, 0.3) is 0 Å². The zero-order valence-electron chi connectivity index (χ0n) is 37.3. The summed E-state index contributed by atoms with van der Waals surface area (Å²) in [6, 6.07) is 0. The highest BCUT2D eigenvalue weighted by Crippen LogP contribution is 2.39. The van der Waals surface area contributed by atoms with E-state index in [1.54, 1.807) is 20.8 Å². The van der Waals surface area contributed by atoms with Crippen LogP contribution >= 0.6 is 0 Å². The first-order chi connectivity index (χ1) is 21.1. The summed E-state index contributed by atoms with van der Waals surface area (Å²) in [6.07, 6.45) is 19.3. The fourth-order valence-electron chi connectivity index (χ4n) is 5.64. The molecule has 0 aliphatic heterocycles. The Morgan fingerprint density at radius 1 is 0.542 bits per heavy atom. The summed E-state index contributed by atoms with van der Waals surface area (Å²) in [5, 5.41) is 0. The van der Waals surface area contributed by atoms with Crippen molar-refractivity contribution in [3.05, 3.63) is 0 Å². The van der Waals surface area contributed by atoms with Crippen molar-refractivity contribution in [1.82, 2.24) is 0 Å². The van der Waals surface area contributed by atoms with Crippen LogP contribution in [-0.4, -0.2) is 6.43 Å². The first-order valence-corrected chi connectivity index (χ1v) is 19.8. The Kier molecular flexibility index (Phi) is 28.7. The molecule has 0 saturated heterocycles. The van der Waals surface area contributed by atoms with Gasteiger partial charge in [0.15, 0.2) is 0 Å². The van der Waals surface area contributed by atoms with Gasteiger partial charge in [-0.15, -0.1) is 12.3 Å². The topological polar surface area (TPSA) is 0 Å². The molecule has 48 heavy (non-hydrogen) atoms. The minimum Gasteiger partial charge on any atom is -0.211 e. The summed E-state index contributed by atoms with van der Waals surface area (Å²) in [7, 11) is 0. The van der Waals surface area contributed by atoms with E-state index in [1.165, 1.54) is 64.2 Å². The second kappa shape index (κ2) is 25.4. The maximum Gasteiger partial charge on any atom is 0.239 e. The van der Waals surface area contributed by atoms with Crippen molar-refractivity contribution in [2.24, 2.45) is 50.2 Å². The normalized spacial score (nSPS) is 15.4. The number of halogens is 2. The van der Waals surface area contributed by atoms with E-state index in [9.17, 15) is 8.78 Å². The molecule has 0 unspecified atom stereocenters. The first-order valence-electron chi connectivity index (χ1n) is 19.8. The highest BCUT2D eigenvalue weighted by molar-refractivity contribution is 4.85. The molecule has 0 aromatic heterocycles. The highest BCUT2D eigenvalue weighted by Gasteiger charge is 2.26. The number of terminal acetylenes is 1. The Balaban J connectivity index is -0.000000242. The fraction of sp³-hybridized carbons (Fsp3) is 0.957. The van der Waals surface area contributed by atoms with Gasteiger partial charge in [-0.3, -0.25) is 0 Å². The Hall–Kier alpha value is -0.580. The van der Waals surface area contributed by atoms with Crippen LogP contribution in [0.3, 0.4) is 0 Å². The van der Waals surface area contributed by atoms with Gasteiger partial charge in [0, 0.05) is 12.8 Å². The quantitative estimate of drug-likeness (QED) is 0.244. The standard InChI is InChI=1S/C9H18.C8H16.C8H18.C8H14.C7H16.C6H12F2/c1-9(2,3)7-8-5-4-6-8;1-8(2,3)6-7-4-5-7;1-7(2)6-8(3,4)5;1-5-6-7-8(2,3)4;1-5-6-7(2,3)4;1-6(2,3)4-5(7)8/h8H,4-7H2,1-3H3;7H,4-6H2,1-3H3;7H,6H2,1-5H3;1H,6-7H2,2-4H3;5-6H2,1-4H3;5H,4H2,1-3H3. The largest absolute Gasteiger partial charge is 0.239 e. The van der Waals surface area contributed by atoms with Crippen molar-refractivity contribution >= 4 is 0 Å². The van der Waals surface area contributed by atoms with E-state index >= 15 is 0 Å². The first kappa shape index (κ1) is 54.2. The summed E-state index contributed by atoms with van der Waals surface area (Å²) < 4.78 is 23.1. The number of alkyl halides is 2. The lowest BCUT2D eigenvalue weighted by molar-refractivity contribution is 0.0944. The third kappa shape index (κ3) is 64.0.